The summed E-state index contributed by atoms with van der Waals surface area (Å²) in [4.78, 5) is 11.5. The fourth-order valence-electron chi connectivity index (χ4n) is 1.98. The molecule has 108 valence electrons. The van der Waals surface area contributed by atoms with Crippen LogP contribution in [0.4, 0.5) is 0 Å². The molecule has 0 aliphatic heterocycles. The third-order valence-corrected chi connectivity index (χ3v) is 4.40. The molecular formula is C12H22ClLiO4S. The van der Waals surface area contributed by atoms with E-state index in [4.69, 9.17) is 15.4 Å². The van der Waals surface area contributed by atoms with E-state index in [0.717, 1.165) is 6.42 Å². The Morgan fingerprint density at radius 1 is 1.37 bits per heavy atom. The third kappa shape index (κ3) is 7.60. The van der Waals surface area contributed by atoms with Crippen LogP contribution >= 0.6 is 10.7 Å². The molecule has 7 heteroatoms. The molecule has 0 heterocycles. The predicted molar refractivity (Wildman–Crippen MR) is 78.0 cm³/mol. The first kappa shape index (κ1) is 19.3. The number of carbonyl (C=O) groups is 1. The maximum atomic E-state index is 11.5. The second kappa shape index (κ2) is 9.28. The van der Waals surface area contributed by atoms with Gasteiger partial charge in [-0.25, -0.2) is 8.42 Å². The van der Waals surface area contributed by atoms with Gasteiger partial charge in [-0.3, -0.25) is 4.79 Å². The molecule has 0 amide bonds. The van der Waals surface area contributed by atoms with Crippen LogP contribution in [0.2, 0.25) is 5.09 Å². The van der Waals surface area contributed by atoms with Gasteiger partial charge < -0.3 is 4.74 Å². The van der Waals surface area contributed by atoms with Crippen molar-refractivity contribution in [3.8, 4) is 0 Å². The van der Waals surface area contributed by atoms with Crippen LogP contribution in [0, 0.1) is 5.41 Å². The average Bonchev–Trinajstić information content (AvgIpc) is 2.24. The molecule has 0 aromatic heterocycles. The number of esters is 1. The van der Waals surface area contributed by atoms with E-state index in [1.807, 2.05) is 0 Å². The van der Waals surface area contributed by atoms with E-state index >= 15 is 0 Å². The van der Waals surface area contributed by atoms with Crippen LogP contribution in [-0.2, 0) is 18.6 Å². The standard InChI is InChI=1S/C8H13ClO4S.C4H9.Li/c1-2-13-7(10)8(4-3-5-8)6-14(9,11)12;1-3-4-2;/h2-6H2,1H3;1,3-4H2,2H3;. The topological polar surface area (TPSA) is 60.4 Å². The monoisotopic (exact) mass is 304 g/mol. The Labute approximate surface area is 130 Å². The summed E-state index contributed by atoms with van der Waals surface area (Å²) in [6.07, 6.45) is 4.69. The zero-order valence-electron chi connectivity index (χ0n) is 12.1. The van der Waals surface area contributed by atoms with Crippen LogP contribution in [0.1, 0.15) is 46.0 Å². The summed E-state index contributed by atoms with van der Waals surface area (Å²) in [5.74, 6) is -0.740. The number of carbonyl (C=O) groups excluding carboxylic acids is 1. The van der Waals surface area contributed by atoms with Crippen molar-refractivity contribution >= 4 is 43.4 Å². The Morgan fingerprint density at radius 2 is 1.95 bits per heavy atom. The average molecular weight is 305 g/mol. The van der Waals surface area contributed by atoms with E-state index in [1.165, 1.54) is 17.9 Å². The minimum atomic E-state index is -3.63. The van der Waals surface area contributed by atoms with Gasteiger partial charge in [-0.1, -0.05) is 6.42 Å². The van der Waals surface area contributed by atoms with Gasteiger partial charge in [-0.05, 0) is 19.8 Å². The first-order valence-corrected chi connectivity index (χ1v) is 9.38. The molecule has 19 heavy (non-hydrogen) atoms. The number of ether oxygens (including phenoxy) is 1. The molecule has 0 spiro atoms. The van der Waals surface area contributed by atoms with Gasteiger partial charge in [0.25, 0.3) is 0 Å². The number of unbranched alkanes of at least 4 members (excludes halogenated alkanes) is 1. The van der Waals surface area contributed by atoms with E-state index in [2.05, 4.69) is 24.6 Å². The number of hydrogen-bond acceptors (Lipinski definition) is 4. The van der Waals surface area contributed by atoms with Crippen molar-refractivity contribution in [3.63, 3.8) is 0 Å². The molecule has 0 unspecified atom stereocenters. The molecule has 1 aliphatic rings. The number of halogens is 1. The summed E-state index contributed by atoms with van der Waals surface area (Å²) in [5.41, 5.74) is -0.864. The van der Waals surface area contributed by atoms with Gasteiger partial charge in [0.05, 0.1) is 17.8 Å². The summed E-state index contributed by atoms with van der Waals surface area (Å²) in [7, 11) is 1.50. The molecule has 0 atom stereocenters. The predicted octanol–water partition coefficient (Wildman–Crippen LogP) is 2.66. The Kier molecular flexibility index (Phi) is 9.43. The maximum absolute atomic E-state index is 11.5. The van der Waals surface area contributed by atoms with Crippen LogP contribution in [0.3, 0.4) is 0 Å². The molecule has 0 aromatic carbocycles. The molecule has 1 aliphatic carbocycles. The van der Waals surface area contributed by atoms with Crippen molar-refractivity contribution in [1.29, 1.82) is 0 Å². The first-order valence-electron chi connectivity index (χ1n) is 6.91. The number of rotatable bonds is 6. The minimum absolute atomic E-state index is 0.267. The molecule has 1 saturated carbocycles. The summed E-state index contributed by atoms with van der Waals surface area (Å²) in [6, 6.07) is 0. The van der Waals surface area contributed by atoms with Crippen LogP contribution in [0.5, 0.6) is 0 Å². The van der Waals surface area contributed by atoms with Gasteiger partial charge in [0.1, 0.15) is 0 Å². The van der Waals surface area contributed by atoms with E-state index in [0.29, 0.717) is 12.8 Å². The van der Waals surface area contributed by atoms with E-state index in [-0.39, 0.29) is 12.4 Å². The first-order chi connectivity index (χ1) is 8.81. The fourth-order valence-corrected chi connectivity index (χ4v) is 3.67. The SMILES string of the molecule is CCOC(=O)C1(CS(=O)(=O)Cl)CCC1.[Li][CH2]CCC. The van der Waals surface area contributed by atoms with Crippen molar-refractivity contribution in [3.05, 3.63) is 0 Å². The Balaban J connectivity index is 0.000000555. The van der Waals surface area contributed by atoms with Crippen molar-refractivity contribution in [2.24, 2.45) is 5.41 Å². The van der Waals surface area contributed by atoms with Crippen molar-refractivity contribution < 1.29 is 17.9 Å². The van der Waals surface area contributed by atoms with Crippen LogP contribution < -0.4 is 0 Å². The van der Waals surface area contributed by atoms with Crippen LogP contribution in [-0.4, -0.2) is 44.5 Å². The van der Waals surface area contributed by atoms with Gasteiger partial charge in [0, 0.05) is 10.7 Å². The molecule has 0 saturated heterocycles. The van der Waals surface area contributed by atoms with Gasteiger partial charge >= 0.3 is 48.5 Å². The second-order valence-corrected chi connectivity index (χ2v) is 7.67. The quantitative estimate of drug-likeness (QED) is 0.430. The van der Waals surface area contributed by atoms with Crippen LogP contribution in [0.15, 0.2) is 0 Å². The van der Waals surface area contributed by atoms with Gasteiger partial charge in [0.15, 0.2) is 0 Å². The Bertz CT molecular complexity index is 364. The molecule has 4 nitrogen and oxygen atoms in total. The molecule has 0 aromatic rings. The zero-order chi connectivity index (χ0) is 14.9. The normalized spacial score (nSPS) is 16.9. The molecular weight excluding hydrogens is 283 g/mol. The molecule has 1 fully saturated rings. The third-order valence-electron chi connectivity index (χ3n) is 3.17. The van der Waals surface area contributed by atoms with E-state index < -0.39 is 20.4 Å². The summed E-state index contributed by atoms with van der Waals surface area (Å²) >= 11 is 2.21. The van der Waals surface area contributed by atoms with E-state index in [1.54, 1.807) is 6.92 Å². The fraction of sp³-hybridized carbons (Fsp3) is 0.917. The van der Waals surface area contributed by atoms with Gasteiger partial charge in [0.2, 0.25) is 9.05 Å². The summed E-state index contributed by atoms with van der Waals surface area (Å²) in [5, 5.41) is 1.34. The van der Waals surface area contributed by atoms with E-state index in [9.17, 15) is 13.2 Å². The molecule has 0 bridgehead atoms. The van der Waals surface area contributed by atoms with Crippen molar-refractivity contribution in [2.45, 2.75) is 51.0 Å². The van der Waals surface area contributed by atoms with Gasteiger partial charge in [-0.15, -0.1) is 0 Å². The number of hydrogen-bond donors (Lipinski definition) is 0. The molecule has 0 N–H and O–H groups in total. The van der Waals surface area contributed by atoms with Crippen molar-refractivity contribution in [2.75, 3.05) is 12.4 Å². The molecule has 0 radical (unpaired) electrons. The molecule has 1 rings (SSSR count). The second-order valence-electron chi connectivity index (χ2n) is 4.89. The summed E-state index contributed by atoms with van der Waals surface area (Å²) in [6.45, 7) is 4.17. The van der Waals surface area contributed by atoms with Crippen LogP contribution in [0.25, 0.3) is 0 Å². The zero-order valence-corrected chi connectivity index (χ0v) is 13.6. The Morgan fingerprint density at radius 3 is 2.16 bits per heavy atom. The van der Waals surface area contributed by atoms with Gasteiger partial charge in [-0.2, -0.15) is 0 Å². The summed E-state index contributed by atoms with van der Waals surface area (Å²) < 4.78 is 26.6. The van der Waals surface area contributed by atoms with Crippen molar-refractivity contribution in [1.82, 2.24) is 0 Å². The Hall–Kier alpha value is 0.307.